The van der Waals surface area contributed by atoms with Crippen molar-refractivity contribution in [1.29, 1.82) is 0 Å². The summed E-state index contributed by atoms with van der Waals surface area (Å²) in [7, 11) is 1.96. The van der Waals surface area contributed by atoms with E-state index in [1.807, 2.05) is 20.0 Å². The second-order valence-electron chi connectivity index (χ2n) is 4.16. The zero-order valence-corrected chi connectivity index (χ0v) is 11.8. The summed E-state index contributed by atoms with van der Waals surface area (Å²) in [6.45, 7) is 4.95. The van der Waals surface area contributed by atoms with Crippen LogP contribution in [0.3, 0.4) is 0 Å². The van der Waals surface area contributed by atoms with Crippen molar-refractivity contribution in [3.05, 3.63) is 28.7 Å². The molecule has 4 nitrogen and oxygen atoms in total. The van der Waals surface area contributed by atoms with Gasteiger partial charge in [0.15, 0.2) is 0 Å². The largest absolute Gasteiger partial charge is 0.315 e. The molecule has 2 aromatic heterocycles. The third-order valence-electron chi connectivity index (χ3n) is 2.60. The second-order valence-corrected chi connectivity index (χ2v) is 5.24. The van der Waals surface area contributed by atoms with Crippen molar-refractivity contribution < 1.29 is 0 Å². The van der Waals surface area contributed by atoms with E-state index in [2.05, 4.69) is 22.2 Å². The second kappa shape index (κ2) is 6.02. The first-order chi connectivity index (χ1) is 8.74. The normalized spacial score (nSPS) is 10.8. The van der Waals surface area contributed by atoms with E-state index in [0.717, 1.165) is 35.9 Å². The number of nitrogens with zero attached hydrogens (tertiary/aromatic N) is 3. The lowest BCUT2D eigenvalue weighted by molar-refractivity contribution is 0.798. The van der Waals surface area contributed by atoms with E-state index < -0.39 is 0 Å². The van der Waals surface area contributed by atoms with Crippen molar-refractivity contribution in [2.45, 2.75) is 33.2 Å². The van der Waals surface area contributed by atoms with E-state index >= 15 is 0 Å². The maximum atomic E-state index is 4.72. The molecule has 0 aliphatic rings. The van der Waals surface area contributed by atoms with E-state index in [4.69, 9.17) is 4.98 Å². The molecule has 0 fully saturated rings. The predicted molar refractivity (Wildman–Crippen MR) is 74.6 cm³/mol. The average Bonchev–Trinajstić information content (AvgIpc) is 2.74. The molecule has 1 N–H and O–H groups in total. The van der Waals surface area contributed by atoms with Gasteiger partial charge in [-0.25, -0.2) is 15.0 Å². The van der Waals surface area contributed by atoms with Gasteiger partial charge >= 0.3 is 0 Å². The molecule has 0 saturated carbocycles. The molecule has 0 bridgehead atoms. The number of hydrogen-bond acceptors (Lipinski definition) is 5. The average molecular weight is 262 g/mol. The van der Waals surface area contributed by atoms with Gasteiger partial charge in [0.05, 0.1) is 5.69 Å². The van der Waals surface area contributed by atoms with Crippen molar-refractivity contribution >= 4 is 11.3 Å². The molecule has 0 saturated heterocycles. The highest BCUT2D eigenvalue weighted by molar-refractivity contribution is 7.15. The van der Waals surface area contributed by atoms with E-state index in [-0.39, 0.29) is 0 Å². The molecule has 0 spiro atoms. The quantitative estimate of drug-likeness (QED) is 0.900. The molecule has 0 amide bonds. The van der Waals surface area contributed by atoms with Gasteiger partial charge in [-0.15, -0.1) is 11.3 Å². The van der Waals surface area contributed by atoms with Gasteiger partial charge in [0, 0.05) is 17.6 Å². The number of rotatable bonds is 5. The molecule has 18 heavy (non-hydrogen) atoms. The molecule has 2 heterocycles. The van der Waals surface area contributed by atoms with Crippen molar-refractivity contribution in [1.82, 2.24) is 20.3 Å². The van der Waals surface area contributed by atoms with Crippen LogP contribution in [-0.2, 0) is 13.0 Å². The van der Waals surface area contributed by atoms with E-state index in [0.29, 0.717) is 0 Å². The SMILES string of the molecule is CCCc1nc(-c2ccnc(C)n2)sc1CNC. The first-order valence-electron chi connectivity index (χ1n) is 6.17. The summed E-state index contributed by atoms with van der Waals surface area (Å²) in [6, 6.07) is 1.92. The van der Waals surface area contributed by atoms with Gasteiger partial charge in [-0.3, -0.25) is 0 Å². The van der Waals surface area contributed by atoms with Gasteiger partial charge < -0.3 is 5.32 Å². The van der Waals surface area contributed by atoms with Gasteiger partial charge in [-0.2, -0.15) is 0 Å². The van der Waals surface area contributed by atoms with Crippen LogP contribution in [0.25, 0.3) is 10.7 Å². The fourth-order valence-corrected chi connectivity index (χ4v) is 2.89. The molecule has 0 aliphatic carbocycles. The summed E-state index contributed by atoms with van der Waals surface area (Å²) in [5.41, 5.74) is 2.12. The molecule has 0 radical (unpaired) electrons. The fraction of sp³-hybridized carbons (Fsp3) is 0.462. The maximum Gasteiger partial charge on any atom is 0.142 e. The Morgan fingerprint density at radius 2 is 2.17 bits per heavy atom. The molecular formula is C13H18N4S. The van der Waals surface area contributed by atoms with Crippen LogP contribution < -0.4 is 5.32 Å². The van der Waals surface area contributed by atoms with Gasteiger partial charge in [-0.05, 0) is 26.5 Å². The van der Waals surface area contributed by atoms with Gasteiger partial charge in [0.25, 0.3) is 0 Å². The van der Waals surface area contributed by atoms with E-state index in [1.54, 1.807) is 17.5 Å². The minimum Gasteiger partial charge on any atom is -0.315 e. The number of hydrogen-bond donors (Lipinski definition) is 1. The lowest BCUT2D eigenvalue weighted by atomic mass is 10.2. The maximum absolute atomic E-state index is 4.72. The fourth-order valence-electron chi connectivity index (χ4n) is 1.80. The summed E-state index contributed by atoms with van der Waals surface area (Å²) < 4.78 is 0. The first kappa shape index (κ1) is 13.1. The van der Waals surface area contributed by atoms with Crippen LogP contribution in [0.15, 0.2) is 12.3 Å². The third-order valence-corrected chi connectivity index (χ3v) is 3.72. The molecule has 96 valence electrons. The van der Waals surface area contributed by atoms with Crippen molar-refractivity contribution in [2.24, 2.45) is 0 Å². The van der Waals surface area contributed by atoms with Crippen LogP contribution in [0.2, 0.25) is 0 Å². The Bertz CT molecular complexity index is 498. The number of aromatic nitrogens is 3. The zero-order chi connectivity index (χ0) is 13.0. The number of aryl methyl sites for hydroxylation is 2. The Balaban J connectivity index is 2.36. The summed E-state index contributed by atoms with van der Waals surface area (Å²) in [5, 5.41) is 4.19. The highest BCUT2D eigenvalue weighted by Gasteiger charge is 2.12. The predicted octanol–water partition coefficient (Wildman–Crippen LogP) is 2.58. The summed E-state index contributed by atoms with van der Waals surface area (Å²) in [4.78, 5) is 14.6. The zero-order valence-electron chi connectivity index (χ0n) is 11.0. The number of nitrogens with one attached hydrogen (secondary N) is 1. The summed E-state index contributed by atoms with van der Waals surface area (Å²) >= 11 is 1.72. The molecule has 0 atom stereocenters. The Morgan fingerprint density at radius 3 is 2.83 bits per heavy atom. The molecule has 0 aliphatic heterocycles. The standard InChI is InChI=1S/C13H18N4S/c1-4-5-10-12(8-14-3)18-13(17-10)11-6-7-15-9(2)16-11/h6-7,14H,4-5,8H2,1-3H3. The highest BCUT2D eigenvalue weighted by atomic mass is 32.1. The van der Waals surface area contributed by atoms with Crippen LogP contribution in [0.1, 0.15) is 29.7 Å². The molecule has 2 aromatic rings. The van der Waals surface area contributed by atoms with Crippen LogP contribution in [0.4, 0.5) is 0 Å². The molecule has 0 unspecified atom stereocenters. The topological polar surface area (TPSA) is 50.7 Å². The molecule has 5 heteroatoms. The Labute approximate surface area is 112 Å². The minimum atomic E-state index is 0.787. The Hall–Kier alpha value is -1.33. The lowest BCUT2D eigenvalue weighted by Gasteiger charge is -1.98. The van der Waals surface area contributed by atoms with Crippen LogP contribution in [0, 0.1) is 6.92 Å². The Morgan fingerprint density at radius 1 is 1.33 bits per heavy atom. The number of thiazole rings is 1. The van der Waals surface area contributed by atoms with E-state index in [9.17, 15) is 0 Å². The smallest absolute Gasteiger partial charge is 0.142 e. The van der Waals surface area contributed by atoms with Gasteiger partial charge in [0.2, 0.25) is 0 Å². The highest BCUT2D eigenvalue weighted by Crippen LogP contribution is 2.27. The molecule has 2 rings (SSSR count). The van der Waals surface area contributed by atoms with Gasteiger partial charge in [0.1, 0.15) is 16.5 Å². The third kappa shape index (κ3) is 2.91. The van der Waals surface area contributed by atoms with Crippen LogP contribution >= 0.6 is 11.3 Å². The van der Waals surface area contributed by atoms with Crippen molar-refractivity contribution in [2.75, 3.05) is 7.05 Å². The Kier molecular flexibility index (Phi) is 4.38. The molecule has 0 aromatic carbocycles. The summed E-state index contributed by atoms with van der Waals surface area (Å²) in [5.74, 6) is 0.787. The van der Waals surface area contributed by atoms with E-state index in [1.165, 1.54) is 10.6 Å². The van der Waals surface area contributed by atoms with Crippen molar-refractivity contribution in [3.63, 3.8) is 0 Å². The van der Waals surface area contributed by atoms with Gasteiger partial charge in [-0.1, -0.05) is 13.3 Å². The monoisotopic (exact) mass is 262 g/mol. The van der Waals surface area contributed by atoms with Crippen LogP contribution in [0.5, 0.6) is 0 Å². The molecular weight excluding hydrogens is 244 g/mol. The van der Waals surface area contributed by atoms with Crippen LogP contribution in [-0.4, -0.2) is 22.0 Å². The lowest BCUT2D eigenvalue weighted by Crippen LogP contribution is -2.05. The first-order valence-corrected chi connectivity index (χ1v) is 6.99. The van der Waals surface area contributed by atoms with Crippen molar-refractivity contribution in [3.8, 4) is 10.7 Å². The minimum absolute atomic E-state index is 0.787. The summed E-state index contributed by atoms with van der Waals surface area (Å²) in [6.07, 6.45) is 3.93.